The van der Waals surface area contributed by atoms with Gasteiger partial charge in [-0.1, -0.05) is 76.0 Å². The van der Waals surface area contributed by atoms with Gasteiger partial charge in [-0.2, -0.15) is 0 Å². The Morgan fingerprint density at radius 3 is 2.21 bits per heavy atom. The van der Waals surface area contributed by atoms with Crippen LogP contribution in [0.25, 0.3) is 0 Å². The topological polar surface area (TPSA) is 58.6 Å². The summed E-state index contributed by atoms with van der Waals surface area (Å²) in [7, 11) is 0. The van der Waals surface area contributed by atoms with Gasteiger partial charge in [-0.25, -0.2) is 0 Å². The Labute approximate surface area is 207 Å². The molecule has 0 bridgehead atoms. The van der Waals surface area contributed by atoms with Crippen molar-refractivity contribution in [2.24, 2.45) is 5.92 Å². The van der Waals surface area contributed by atoms with Crippen LogP contribution in [0.1, 0.15) is 52.7 Å². The molecule has 180 valence electrons. The Morgan fingerprint density at radius 2 is 1.67 bits per heavy atom. The number of nitrogens with one attached hydrogen (secondary N) is 1. The minimum Gasteiger partial charge on any atom is -0.484 e. The molecule has 0 aliphatic heterocycles. The van der Waals surface area contributed by atoms with Gasteiger partial charge in [-0.3, -0.25) is 9.59 Å². The number of benzene rings is 2. The number of amides is 2. The van der Waals surface area contributed by atoms with E-state index in [9.17, 15) is 9.59 Å². The van der Waals surface area contributed by atoms with Crippen LogP contribution >= 0.6 is 23.2 Å². The van der Waals surface area contributed by atoms with Gasteiger partial charge in [-0.05, 0) is 53.6 Å². The molecule has 2 aromatic carbocycles. The molecule has 2 rings (SSSR count). The molecule has 0 unspecified atom stereocenters. The molecule has 2 aromatic rings. The van der Waals surface area contributed by atoms with Crippen LogP contribution in [-0.4, -0.2) is 35.9 Å². The van der Waals surface area contributed by atoms with Crippen molar-refractivity contribution in [3.63, 3.8) is 0 Å². The largest absolute Gasteiger partial charge is 0.484 e. The Kier molecular flexibility index (Phi) is 9.62. The van der Waals surface area contributed by atoms with Crippen LogP contribution in [0.5, 0.6) is 5.75 Å². The molecule has 1 N–H and O–H groups in total. The third kappa shape index (κ3) is 8.24. The van der Waals surface area contributed by atoms with E-state index in [4.69, 9.17) is 27.9 Å². The van der Waals surface area contributed by atoms with E-state index in [1.165, 1.54) is 10.5 Å². The van der Waals surface area contributed by atoms with E-state index in [2.05, 4.69) is 26.1 Å². The van der Waals surface area contributed by atoms with Gasteiger partial charge in [0.1, 0.15) is 11.8 Å². The number of carbonyl (C=O) groups is 2. The maximum Gasteiger partial charge on any atom is 0.261 e. The molecule has 0 aliphatic rings. The zero-order valence-electron chi connectivity index (χ0n) is 20.2. The van der Waals surface area contributed by atoms with E-state index < -0.39 is 6.04 Å². The average Bonchev–Trinajstić information content (AvgIpc) is 2.74. The molecule has 0 saturated carbocycles. The van der Waals surface area contributed by atoms with E-state index in [1.807, 2.05) is 38.1 Å². The van der Waals surface area contributed by atoms with Crippen molar-refractivity contribution in [1.82, 2.24) is 10.2 Å². The van der Waals surface area contributed by atoms with Gasteiger partial charge in [-0.15, -0.1) is 0 Å². The summed E-state index contributed by atoms with van der Waals surface area (Å²) in [5.74, 6) is 0.359. The predicted octanol–water partition coefficient (Wildman–Crippen LogP) is 5.86. The maximum atomic E-state index is 13.2. The van der Waals surface area contributed by atoms with Crippen LogP contribution in [0.2, 0.25) is 10.0 Å². The summed E-state index contributed by atoms with van der Waals surface area (Å²) in [5, 5.41) is 3.84. The fraction of sp³-hybridized carbons (Fsp3) is 0.462. The van der Waals surface area contributed by atoms with E-state index in [1.54, 1.807) is 25.1 Å². The van der Waals surface area contributed by atoms with Crippen molar-refractivity contribution in [2.45, 2.75) is 59.5 Å². The molecule has 2 amide bonds. The van der Waals surface area contributed by atoms with Gasteiger partial charge in [0.2, 0.25) is 5.91 Å². The Morgan fingerprint density at radius 1 is 1.03 bits per heavy atom. The second-order valence-electron chi connectivity index (χ2n) is 9.64. The molecule has 0 aromatic heterocycles. The zero-order valence-corrected chi connectivity index (χ0v) is 21.8. The van der Waals surface area contributed by atoms with Crippen molar-refractivity contribution in [3.05, 3.63) is 63.6 Å². The highest BCUT2D eigenvalue weighted by molar-refractivity contribution is 6.35. The summed E-state index contributed by atoms with van der Waals surface area (Å²) in [5.41, 5.74) is 1.91. The molecule has 7 heteroatoms. The lowest BCUT2D eigenvalue weighted by molar-refractivity contribution is -0.142. The first kappa shape index (κ1) is 27.0. The highest BCUT2D eigenvalue weighted by Gasteiger charge is 2.27. The van der Waals surface area contributed by atoms with Crippen LogP contribution in [0, 0.1) is 5.92 Å². The van der Waals surface area contributed by atoms with Crippen molar-refractivity contribution in [3.8, 4) is 5.75 Å². The molecule has 0 fully saturated rings. The smallest absolute Gasteiger partial charge is 0.261 e. The number of hydrogen-bond donors (Lipinski definition) is 1. The molecule has 1 atom stereocenters. The molecule has 5 nitrogen and oxygen atoms in total. The molecular weight excluding hydrogens is 459 g/mol. The first-order valence-electron chi connectivity index (χ1n) is 11.1. The van der Waals surface area contributed by atoms with E-state index in [0.717, 1.165) is 0 Å². The summed E-state index contributed by atoms with van der Waals surface area (Å²) in [6.45, 7) is 12.6. The van der Waals surface area contributed by atoms with Gasteiger partial charge in [0.05, 0.1) is 0 Å². The molecular formula is C26H34Cl2N2O3. The predicted molar refractivity (Wildman–Crippen MR) is 135 cm³/mol. The van der Waals surface area contributed by atoms with Crippen LogP contribution in [0.3, 0.4) is 0 Å². The quantitative estimate of drug-likeness (QED) is 0.476. The summed E-state index contributed by atoms with van der Waals surface area (Å²) < 4.78 is 5.75. The van der Waals surface area contributed by atoms with Gasteiger partial charge in [0, 0.05) is 23.1 Å². The number of nitrogens with zero attached hydrogens (tertiary/aromatic N) is 1. The zero-order chi connectivity index (χ0) is 24.8. The normalized spacial score (nSPS) is 12.4. The second kappa shape index (κ2) is 11.8. The molecule has 0 aliphatic carbocycles. The first-order valence-corrected chi connectivity index (χ1v) is 11.9. The lowest BCUT2D eigenvalue weighted by atomic mass is 9.87. The SMILES string of the molecule is CC(C)CNC(=O)[C@H](C)N(Cc1ccc(Cl)cc1Cl)C(=O)COc1ccc(C(C)(C)C)cc1. The fourth-order valence-electron chi connectivity index (χ4n) is 3.15. The molecule has 0 spiro atoms. The molecule has 0 heterocycles. The van der Waals surface area contributed by atoms with Crippen molar-refractivity contribution >= 4 is 35.0 Å². The number of rotatable bonds is 9. The number of hydrogen-bond acceptors (Lipinski definition) is 3. The van der Waals surface area contributed by atoms with Gasteiger partial charge < -0.3 is 15.0 Å². The number of halogens is 2. The number of carbonyl (C=O) groups excluding carboxylic acids is 2. The van der Waals surface area contributed by atoms with E-state index >= 15 is 0 Å². The van der Waals surface area contributed by atoms with Crippen LogP contribution < -0.4 is 10.1 Å². The standard InChI is InChI=1S/C26H34Cl2N2O3/c1-17(2)14-29-25(32)18(3)30(15-19-7-10-21(27)13-23(19)28)24(31)16-33-22-11-8-20(9-12-22)26(4,5)6/h7-13,17-18H,14-16H2,1-6H3,(H,29,32)/t18-/m0/s1. The Balaban J connectivity index is 2.16. The van der Waals surface area contributed by atoms with E-state index in [0.29, 0.717) is 33.8 Å². The summed E-state index contributed by atoms with van der Waals surface area (Å²) in [4.78, 5) is 27.4. The first-order chi connectivity index (χ1) is 15.4. The summed E-state index contributed by atoms with van der Waals surface area (Å²) in [6.07, 6.45) is 0. The van der Waals surface area contributed by atoms with E-state index in [-0.39, 0.29) is 30.4 Å². The second-order valence-corrected chi connectivity index (χ2v) is 10.5. The van der Waals surface area contributed by atoms with Crippen LogP contribution in [0.4, 0.5) is 0 Å². The van der Waals surface area contributed by atoms with Crippen LogP contribution in [-0.2, 0) is 21.5 Å². The average molecular weight is 493 g/mol. The lowest BCUT2D eigenvalue weighted by Gasteiger charge is -2.29. The third-order valence-corrected chi connectivity index (χ3v) is 5.88. The summed E-state index contributed by atoms with van der Waals surface area (Å²) in [6, 6.07) is 12.1. The maximum absolute atomic E-state index is 13.2. The van der Waals surface area contributed by atoms with Gasteiger partial charge >= 0.3 is 0 Å². The van der Waals surface area contributed by atoms with Gasteiger partial charge in [0.25, 0.3) is 5.91 Å². The lowest BCUT2D eigenvalue weighted by Crippen LogP contribution is -2.49. The minimum absolute atomic E-state index is 0.0295. The highest BCUT2D eigenvalue weighted by atomic mass is 35.5. The summed E-state index contributed by atoms with van der Waals surface area (Å²) >= 11 is 12.3. The molecule has 0 radical (unpaired) electrons. The Hall–Kier alpha value is -2.24. The number of ether oxygens (including phenoxy) is 1. The third-order valence-electron chi connectivity index (χ3n) is 5.29. The van der Waals surface area contributed by atoms with Crippen molar-refractivity contribution in [2.75, 3.05) is 13.2 Å². The Bertz CT molecular complexity index is 953. The van der Waals surface area contributed by atoms with Gasteiger partial charge in [0.15, 0.2) is 6.61 Å². The molecule has 33 heavy (non-hydrogen) atoms. The van der Waals surface area contributed by atoms with Crippen molar-refractivity contribution in [1.29, 1.82) is 0 Å². The fourth-order valence-corrected chi connectivity index (χ4v) is 3.62. The van der Waals surface area contributed by atoms with Crippen molar-refractivity contribution < 1.29 is 14.3 Å². The van der Waals surface area contributed by atoms with Crippen LogP contribution in [0.15, 0.2) is 42.5 Å². The monoisotopic (exact) mass is 492 g/mol. The minimum atomic E-state index is -0.699. The molecule has 0 saturated heterocycles. The highest BCUT2D eigenvalue weighted by Crippen LogP contribution is 2.25.